The fraction of sp³-hybridized carbons (Fsp3) is 0.286. The van der Waals surface area contributed by atoms with Crippen LogP contribution in [-0.4, -0.2) is 23.2 Å². The average molecular weight is 259 g/mol. The third-order valence-corrected chi connectivity index (χ3v) is 2.95. The van der Waals surface area contributed by atoms with E-state index in [4.69, 9.17) is 10.5 Å². The van der Waals surface area contributed by atoms with Gasteiger partial charge in [-0.25, -0.2) is 4.68 Å². The zero-order chi connectivity index (χ0) is 13.8. The Balaban J connectivity index is 2.61. The highest BCUT2D eigenvalue weighted by Gasteiger charge is 2.18. The number of anilines is 1. The molecule has 0 radical (unpaired) electrons. The van der Waals surface area contributed by atoms with E-state index in [-0.39, 0.29) is 0 Å². The van der Waals surface area contributed by atoms with Gasteiger partial charge >= 0.3 is 0 Å². The number of para-hydroxylation sites is 1. The minimum atomic E-state index is 0.401. The number of carbonyl (C=O) groups excluding carboxylic acids is 1. The quantitative estimate of drug-likeness (QED) is 0.837. The van der Waals surface area contributed by atoms with Crippen molar-refractivity contribution in [3.05, 3.63) is 29.8 Å². The smallest absolute Gasteiger partial charge is 0.156 e. The molecule has 19 heavy (non-hydrogen) atoms. The molecule has 0 spiro atoms. The molecule has 0 bridgehead atoms. The number of hydrogen-bond acceptors (Lipinski definition) is 4. The summed E-state index contributed by atoms with van der Waals surface area (Å²) in [4.78, 5) is 11.3. The van der Waals surface area contributed by atoms with Crippen LogP contribution in [0.15, 0.2) is 24.3 Å². The molecule has 5 nitrogen and oxygen atoms in total. The van der Waals surface area contributed by atoms with Crippen LogP contribution < -0.4 is 10.5 Å². The van der Waals surface area contributed by atoms with Crippen molar-refractivity contribution in [3.8, 4) is 17.0 Å². The van der Waals surface area contributed by atoms with E-state index in [0.29, 0.717) is 29.4 Å². The molecule has 2 N–H and O–H groups in total. The summed E-state index contributed by atoms with van der Waals surface area (Å²) < 4.78 is 6.96. The maximum absolute atomic E-state index is 11.3. The second-order valence-electron chi connectivity index (χ2n) is 4.19. The largest absolute Gasteiger partial charge is 0.496 e. The van der Waals surface area contributed by atoms with Crippen molar-refractivity contribution < 1.29 is 9.53 Å². The highest BCUT2D eigenvalue weighted by atomic mass is 16.5. The van der Waals surface area contributed by atoms with Gasteiger partial charge in [-0.1, -0.05) is 19.1 Å². The molecule has 100 valence electrons. The summed E-state index contributed by atoms with van der Waals surface area (Å²) in [6, 6.07) is 7.44. The second kappa shape index (κ2) is 5.56. The van der Waals surface area contributed by atoms with Crippen molar-refractivity contribution in [1.82, 2.24) is 9.78 Å². The predicted molar refractivity (Wildman–Crippen MR) is 74.3 cm³/mol. The van der Waals surface area contributed by atoms with Crippen LogP contribution in [0.4, 0.5) is 5.82 Å². The molecule has 0 unspecified atom stereocenters. The summed E-state index contributed by atoms with van der Waals surface area (Å²) in [7, 11) is 1.59. The monoisotopic (exact) mass is 259 g/mol. The normalized spacial score (nSPS) is 10.4. The fourth-order valence-electron chi connectivity index (χ4n) is 2.03. The predicted octanol–water partition coefficient (Wildman–Crippen LogP) is 2.36. The van der Waals surface area contributed by atoms with Crippen LogP contribution in [0.1, 0.15) is 23.7 Å². The molecule has 0 amide bonds. The van der Waals surface area contributed by atoms with Gasteiger partial charge in [0.25, 0.3) is 0 Å². The molecule has 0 aliphatic carbocycles. The highest BCUT2D eigenvalue weighted by molar-refractivity contribution is 5.92. The fourth-order valence-corrected chi connectivity index (χ4v) is 2.03. The number of nitrogens with zero attached hydrogens (tertiary/aromatic N) is 2. The highest BCUT2D eigenvalue weighted by Crippen LogP contribution is 2.32. The van der Waals surface area contributed by atoms with Crippen LogP contribution in [-0.2, 0) is 6.54 Å². The number of aromatic nitrogens is 2. The first kappa shape index (κ1) is 13.1. The Morgan fingerprint density at radius 3 is 2.79 bits per heavy atom. The van der Waals surface area contributed by atoms with Crippen molar-refractivity contribution in [1.29, 1.82) is 0 Å². The first-order valence-electron chi connectivity index (χ1n) is 6.17. The number of aldehydes is 1. The minimum absolute atomic E-state index is 0.401. The summed E-state index contributed by atoms with van der Waals surface area (Å²) in [6.45, 7) is 2.71. The number of ether oxygens (including phenoxy) is 1. The number of carbonyl (C=O) groups is 1. The van der Waals surface area contributed by atoms with Gasteiger partial charge in [0.2, 0.25) is 0 Å². The van der Waals surface area contributed by atoms with Gasteiger partial charge in [0.15, 0.2) is 6.29 Å². The molecule has 1 aromatic carbocycles. The molecule has 0 fully saturated rings. The van der Waals surface area contributed by atoms with Crippen molar-refractivity contribution in [2.45, 2.75) is 19.9 Å². The minimum Gasteiger partial charge on any atom is -0.496 e. The van der Waals surface area contributed by atoms with Crippen molar-refractivity contribution >= 4 is 12.1 Å². The second-order valence-corrected chi connectivity index (χ2v) is 4.19. The SMILES string of the molecule is CCCn1nc(-c2ccccc2OC)c(C=O)c1N. The Morgan fingerprint density at radius 2 is 2.16 bits per heavy atom. The zero-order valence-electron chi connectivity index (χ0n) is 11.1. The van der Waals surface area contributed by atoms with Gasteiger partial charge in [0.1, 0.15) is 17.3 Å². The van der Waals surface area contributed by atoms with E-state index in [0.717, 1.165) is 18.3 Å². The summed E-state index contributed by atoms with van der Waals surface area (Å²) in [6.07, 6.45) is 1.64. The Kier molecular flexibility index (Phi) is 3.85. The maximum Gasteiger partial charge on any atom is 0.156 e. The Labute approximate surface area is 112 Å². The van der Waals surface area contributed by atoms with Crippen LogP contribution in [0.25, 0.3) is 11.3 Å². The van der Waals surface area contributed by atoms with Gasteiger partial charge in [-0.3, -0.25) is 4.79 Å². The lowest BCUT2D eigenvalue weighted by molar-refractivity contribution is 0.112. The zero-order valence-corrected chi connectivity index (χ0v) is 11.1. The van der Waals surface area contributed by atoms with Crippen molar-refractivity contribution in [2.24, 2.45) is 0 Å². The Hall–Kier alpha value is -2.30. The molecular weight excluding hydrogens is 242 g/mol. The van der Waals surface area contributed by atoms with Crippen LogP contribution >= 0.6 is 0 Å². The summed E-state index contributed by atoms with van der Waals surface area (Å²) in [5.41, 5.74) is 7.71. The average Bonchev–Trinajstić information content (AvgIpc) is 2.75. The standard InChI is InChI=1S/C14H17N3O2/c1-3-8-17-14(15)11(9-18)13(16-17)10-6-4-5-7-12(10)19-2/h4-7,9H,3,8,15H2,1-2H3. The van der Waals surface area contributed by atoms with E-state index in [2.05, 4.69) is 5.10 Å². The number of methoxy groups -OCH3 is 1. The molecule has 5 heteroatoms. The molecule has 0 saturated heterocycles. The van der Waals surface area contributed by atoms with Gasteiger partial charge in [-0.2, -0.15) is 5.10 Å². The Morgan fingerprint density at radius 1 is 1.42 bits per heavy atom. The molecule has 2 aromatic rings. The first-order chi connectivity index (χ1) is 9.22. The van der Waals surface area contributed by atoms with Gasteiger partial charge in [-0.05, 0) is 18.6 Å². The molecular formula is C14H17N3O2. The molecule has 0 aliphatic rings. The third-order valence-electron chi connectivity index (χ3n) is 2.95. The molecule has 0 aliphatic heterocycles. The third kappa shape index (κ3) is 2.31. The van der Waals surface area contributed by atoms with Crippen LogP contribution in [0, 0.1) is 0 Å². The lowest BCUT2D eigenvalue weighted by atomic mass is 10.1. The van der Waals surface area contributed by atoms with Crippen LogP contribution in [0.3, 0.4) is 0 Å². The Bertz CT molecular complexity index is 590. The van der Waals surface area contributed by atoms with E-state index >= 15 is 0 Å². The van der Waals surface area contributed by atoms with Gasteiger partial charge in [-0.15, -0.1) is 0 Å². The maximum atomic E-state index is 11.3. The number of hydrogen-bond donors (Lipinski definition) is 1. The van der Waals surface area contributed by atoms with Crippen molar-refractivity contribution in [3.63, 3.8) is 0 Å². The molecule has 1 heterocycles. The lowest BCUT2D eigenvalue weighted by Crippen LogP contribution is -2.04. The van der Waals surface area contributed by atoms with Crippen LogP contribution in [0.5, 0.6) is 5.75 Å². The van der Waals surface area contributed by atoms with Crippen LogP contribution in [0.2, 0.25) is 0 Å². The van der Waals surface area contributed by atoms with Gasteiger partial charge in [0, 0.05) is 12.1 Å². The lowest BCUT2D eigenvalue weighted by Gasteiger charge is -2.05. The molecule has 0 atom stereocenters. The van der Waals surface area contributed by atoms with Gasteiger partial charge < -0.3 is 10.5 Å². The molecule has 0 saturated carbocycles. The molecule has 2 rings (SSSR count). The summed E-state index contributed by atoms with van der Waals surface area (Å²) >= 11 is 0. The number of aryl methyl sites for hydroxylation is 1. The summed E-state index contributed by atoms with van der Waals surface area (Å²) in [5, 5.41) is 4.43. The van der Waals surface area contributed by atoms with Gasteiger partial charge in [0.05, 0.1) is 12.7 Å². The number of benzene rings is 1. The van der Waals surface area contributed by atoms with Crippen molar-refractivity contribution in [2.75, 3.05) is 12.8 Å². The number of nitrogens with two attached hydrogens (primary N) is 1. The topological polar surface area (TPSA) is 70.1 Å². The molecule has 1 aromatic heterocycles. The first-order valence-corrected chi connectivity index (χ1v) is 6.17. The van der Waals surface area contributed by atoms with E-state index in [9.17, 15) is 4.79 Å². The number of nitrogen functional groups attached to an aromatic ring is 1. The van der Waals surface area contributed by atoms with E-state index in [1.807, 2.05) is 31.2 Å². The van der Waals surface area contributed by atoms with E-state index in [1.54, 1.807) is 11.8 Å². The number of rotatable bonds is 5. The van der Waals surface area contributed by atoms with E-state index < -0.39 is 0 Å². The summed E-state index contributed by atoms with van der Waals surface area (Å²) in [5.74, 6) is 1.07. The van der Waals surface area contributed by atoms with E-state index in [1.165, 1.54) is 0 Å².